The quantitative estimate of drug-likeness (QED) is 0.873. The summed E-state index contributed by atoms with van der Waals surface area (Å²) in [4.78, 5) is 0. The zero-order chi connectivity index (χ0) is 12.4. The zero-order valence-corrected chi connectivity index (χ0v) is 10.3. The molecule has 0 aliphatic carbocycles. The Morgan fingerprint density at radius 2 is 1.89 bits per heavy atom. The Kier molecular flexibility index (Phi) is 3.03. The van der Waals surface area contributed by atoms with Crippen LogP contribution in [0.15, 0.2) is 48.5 Å². The molecule has 2 nitrogen and oxygen atoms in total. The van der Waals surface area contributed by atoms with Crippen LogP contribution in [0.4, 0.5) is 0 Å². The number of ether oxygens (including phenoxy) is 1. The topological polar surface area (TPSA) is 35.2 Å². The van der Waals surface area contributed by atoms with Crippen molar-refractivity contribution in [2.24, 2.45) is 5.73 Å². The largest absolute Gasteiger partial charge is 0.493 e. The molecule has 18 heavy (non-hydrogen) atoms. The summed E-state index contributed by atoms with van der Waals surface area (Å²) in [5, 5.41) is 0. The molecule has 0 fully saturated rings. The Labute approximate surface area is 107 Å². The molecule has 1 aliphatic rings. The van der Waals surface area contributed by atoms with Crippen molar-refractivity contribution in [2.75, 3.05) is 13.2 Å². The van der Waals surface area contributed by atoms with Crippen LogP contribution in [-0.2, 0) is 0 Å². The molecule has 0 amide bonds. The Morgan fingerprint density at radius 3 is 2.67 bits per heavy atom. The minimum absolute atomic E-state index is 0.428. The number of benzene rings is 2. The third-order valence-corrected chi connectivity index (χ3v) is 3.57. The van der Waals surface area contributed by atoms with Crippen LogP contribution < -0.4 is 10.5 Å². The van der Waals surface area contributed by atoms with Gasteiger partial charge in [-0.25, -0.2) is 0 Å². The number of rotatable bonds is 2. The van der Waals surface area contributed by atoms with E-state index in [9.17, 15) is 0 Å². The van der Waals surface area contributed by atoms with E-state index in [1.807, 2.05) is 6.07 Å². The minimum atomic E-state index is 0.428. The lowest BCUT2D eigenvalue weighted by Gasteiger charge is -2.25. The molecule has 92 valence electrons. The Hall–Kier alpha value is -1.80. The summed E-state index contributed by atoms with van der Waals surface area (Å²) in [5.74, 6) is 1.42. The predicted octanol–water partition coefficient (Wildman–Crippen LogP) is 3.18. The summed E-state index contributed by atoms with van der Waals surface area (Å²) in [6.07, 6.45) is 1.02. The normalized spacial score (nSPS) is 17.9. The molecule has 2 heteroatoms. The molecule has 1 unspecified atom stereocenters. The van der Waals surface area contributed by atoms with Crippen LogP contribution in [0.5, 0.6) is 5.75 Å². The molecule has 2 aromatic rings. The molecule has 2 N–H and O–H groups in total. The third kappa shape index (κ3) is 2.00. The summed E-state index contributed by atoms with van der Waals surface area (Å²) in [7, 11) is 0. The van der Waals surface area contributed by atoms with Gasteiger partial charge in [0.05, 0.1) is 6.61 Å². The van der Waals surface area contributed by atoms with E-state index < -0.39 is 0 Å². The number of fused-ring (bicyclic) bond motifs is 1. The van der Waals surface area contributed by atoms with E-state index >= 15 is 0 Å². The molecular weight excluding hydrogens is 222 g/mol. The molecule has 1 atom stereocenters. The van der Waals surface area contributed by atoms with Crippen molar-refractivity contribution in [2.45, 2.75) is 12.3 Å². The van der Waals surface area contributed by atoms with Crippen molar-refractivity contribution >= 4 is 0 Å². The van der Waals surface area contributed by atoms with Crippen LogP contribution in [0.1, 0.15) is 17.9 Å². The molecule has 0 spiro atoms. The summed E-state index contributed by atoms with van der Waals surface area (Å²) >= 11 is 0. The standard InChI is InChI=1S/C16H17NO/c17-11-14-8-9-18-16-7-6-13(10-15(14)16)12-4-2-1-3-5-12/h1-7,10,14H,8-9,11,17H2. The summed E-state index contributed by atoms with van der Waals surface area (Å²) < 4.78 is 5.69. The fraction of sp³-hybridized carbons (Fsp3) is 0.250. The van der Waals surface area contributed by atoms with Gasteiger partial charge in [-0.15, -0.1) is 0 Å². The lowest BCUT2D eigenvalue weighted by molar-refractivity contribution is 0.269. The van der Waals surface area contributed by atoms with E-state index in [-0.39, 0.29) is 0 Å². The van der Waals surface area contributed by atoms with Gasteiger partial charge in [0.1, 0.15) is 5.75 Å². The van der Waals surface area contributed by atoms with Crippen molar-refractivity contribution in [3.63, 3.8) is 0 Å². The highest BCUT2D eigenvalue weighted by Gasteiger charge is 2.20. The maximum Gasteiger partial charge on any atom is 0.122 e. The second-order valence-electron chi connectivity index (χ2n) is 4.69. The van der Waals surface area contributed by atoms with E-state index in [1.54, 1.807) is 0 Å². The van der Waals surface area contributed by atoms with Gasteiger partial charge < -0.3 is 10.5 Å². The first-order chi connectivity index (χ1) is 8.88. The first-order valence-corrected chi connectivity index (χ1v) is 6.40. The molecule has 0 radical (unpaired) electrons. The smallest absolute Gasteiger partial charge is 0.122 e. The van der Waals surface area contributed by atoms with Crippen molar-refractivity contribution in [1.82, 2.24) is 0 Å². The van der Waals surface area contributed by atoms with Gasteiger partial charge in [-0.1, -0.05) is 36.4 Å². The first-order valence-electron chi connectivity index (χ1n) is 6.40. The van der Waals surface area contributed by atoms with Gasteiger partial charge in [-0.3, -0.25) is 0 Å². The van der Waals surface area contributed by atoms with E-state index in [0.29, 0.717) is 12.5 Å². The first kappa shape index (κ1) is 11.3. The Morgan fingerprint density at radius 1 is 1.06 bits per heavy atom. The monoisotopic (exact) mass is 239 g/mol. The van der Waals surface area contributed by atoms with Crippen LogP contribution in [0.2, 0.25) is 0 Å². The number of nitrogens with two attached hydrogens (primary N) is 1. The molecule has 2 aromatic carbocycles. The van der Waals surface area contributed by atoms with Crippen LogP contribution in [0.3, 0.4) is 0 Å². The molecule has 0 bridgehead atoms. The van der Waals surface area contributed by atoms with Crippen LogP contribution in [0.25, 0.3) is 11.1 Å². The van der Waals surface area contributed by atoms with Gasteiger partial charge in [0, 0.05) is 5.92 Å². The van der Waals surface area contributed by atoms with E-state index in [1.165, 1.54) is 16.7 Å². The molecule has 3 rings (SSSR count). The van der Waals surface area contributed by atoms with E-state index in [0.717, 1.165) is 18.8 Å². The van der Waals surface area contributed by atoms with E-state index in [4.69, 9.17) is 10.5 Å². The van der Waals surface area contributed by atoms with Crippen molar-refractivity contribution in [3.05, 3.63) is 54.1 Å². The highest BCUT2D eigenvalue weighted by atomic mass is 16.5. The SMILES string of the molecule is NCC1CCOc2ccc(-c3ccccc3)cc21. The van der Waals surface area contributed by atoms with Gasteiger partial charge >= 0.3 is 0 Å². The summed E-state index contributed by atoms with van der Waals surface area (Å²) in [5.41, 5.74) is 9.58. The Balaban J connectivity index is 2.04. The minimum Gasteiger partial charge on any atom is -0.493 e. The van der Waals surface area contributed by atoms with Gasteiger partial charge in [-0.2, -0.15) is 0 Å². The summed E-state index contributed by atoms with van der Waals surface area (Å²) in [6.45, 7) is 1.47. The molecule has 1 aliphatic heterocycles. The van der Waals surface area contributed by atoms with Crippen molar-refractivity contribution < 1.29 is 4.74 Å². The van der Waals surface area contributed by atoms with Crippen LogP contribution in [-0.4, -0.2) is 13.2 Å². The van der Waals surface area contributed by atoms with E-state index in [2.05, 4.69) is 42.5 Å². The van der Waals surface area contributed by atoms with Gasteiger partial charge in [0.2, 0.25) is 0 Å². The average Bonchev–Trinajstić information content (AvgIpc) is 2.47. The van der Waals surface area contributed by atoms with Crippen LogP contribution >= 0.6 is 0 Å². The second kappa shape index (κ2) is 4.83. The van der Waals surface area contributed by atoms with Gasteiger partial charge in [0.25, 0.3) is 0 Å². The van der Waals surface area contributed by atoms with Crippen molar-refractivity contribution in [3.8, 4) is 16.9 Å². The molecule has 1 heterocycles. The molecule has 0 saturated heterocycles. The number of hydrogen-bond acceptors (Lipinski definition) is 2. The molecular formula is C16H17NO. The van der Waals surface area contributed by atoms with Gasteiger partial charge in [0.15, 0.2) is 0 Å². The van der Waals surface area contributed by atoms with Crippen molar-refractivity contribution in [1.29, 1.82) is 0 Å². The highest BCUT2D eigenvalue weighted by molar-refractivity contribution is 5.66. The summed E-state index contributed by atoms with van der Waals surface area (Å²) in [6, 6.07) is 16.8. The predicted molar refractivity (Wildman–Crippen MR) is 73.8 cm³/mol. The third-order valence-electron chi connectivity index (χ3n) is 3.57. The highest BCUT2D eigenvalue weighted by Crippen LogP contribution is 2.36. The lowest BCUT2D eigenvalue weighted by Crippen LogP contribution is -2.20. The lowest BCUT2D eigenvalue weighted by atomic mass is 9.90. The van der Waals surface area contributed by atoms with Crippen LogP contribution in [0, 0.1) is 0 Å². The molecule has 0 aromatic heterocycles. The zero-order valence-electron chi connectivity index (χ0n) is 10.3. The number of hydrogen-bond donors (Lipinski definition) is 1. The molecule has 0 saturated carbocycles. The Bertz CT molecular complexity index is 536. The average molecular weight is 239 g/mol. The van der Waals surface area contributed by atoms with Gasteiger partial charge in [-0.05, 0) is 41.8 Å². The maximum absolute atomic E-state index is 5.85. The maximum atomic E-state index is 5.85. The fourth-order valence-electron chi connectivity index (χ4n) is 2.52. The fourth-order valence-corrected chi connectivity index (χ4v) is 2.52. The second-order valence-corrected chi connectivity index (χ2v) is 4.69.